The topological polar surface area (TPSA) is 37.2 Å². The molecule has 0 aliphatic rings. The van der Waals surface area contributed by atoms with Crippen LogP contribution in [0.2, 0.25) is 0 Å². The average molecular weight is 286 g/mol. The molecule has 0 aliphatic carbocycles. The molecular weight excluding hydrogens is 268 g/mol. The Morgan fingerprint density at radius 3 is 2.80 bits per heavy atom. The fourth-order valence-corrected chi connectivity index (χ4v) is 3.52. The Morgan fingerprint density at radius 1 is 1.20 bits per heavy atom. The maximum atomic E-state index is 10.5. The zero-order valence-corrected chi connectivity index (χ0v) is 12.2. The highest BCUT2D eigenvalue weighted by atomic mass is 32.1. The quantitative estimate of drug-likeness (QED) is 0.757. The van der Waals surface area contributed by atoms with Crippen molar-refractivity contribution in [3.05, 3.63) is 58.9 Å². The summed E-state index contributed by atoms with van der Waals surface area (Å²) >= 11 is 1.68. The Bertz CT molecular complexity index is 675. The first-order valence-corrected chi connectivity index (χ1v) is 7.61. The molecule has 0 radical (unpaired) electrons. The molecule has 1 aromatic carbocycles. The van der Waals surface area contributed by atoms with E-state index in [4.69, 9.17) is 0 Å². The second-order valence-electron chi connectivity index (χ2n) is 4.87. The average Bonchev–Trinajstić information content (AvgIpc) is 3.10. The highest BCUT2D eigenvalue weighted by molar-refractivity contribution is 7.10. The van der Waals surface area contributed by atoms with Crippen LogP contribution in [-0.2, 0) is 0 Å². The standard InChI is InChI=1S/C16H18N2OS/c1-17-11-14(19)16(15-7-4-10-20-15)18-9-8-12-5-2-3-6-13(12)18/h2-10,14,16-17,19H,11H2,1H3/t14?,16-/m0/s1. The second kappa shape index (κ2) is 5.79. The molecule has 2 N–H and O–H groups in total. The van der Waals surface area contributed by atoms with E-state index < -0.39 is 6.10 Å². The summed E-state index contributed by atoms with van der Waals surface area (Å²) in [6.07, 6.45) is 1.60. The lowest BCUT2D eigenvalue weighted by Gasteiger charge is -2.24. The van der Waals surface area contributed by atoms with Gasteiger partial charge in [-0.1, -0.05) is 24.3 Å². The Hall–Kier alpha value is -1.62. The number of aromatic nitrogens is 1. The van der Waals surface area contributed by atoms with Gasteiger partial charge >= 0.3 is 0 Å². The van der Waals surface area contributed by atoms with E-state index in [-0.39, 0.29) is 6.04 Å². The third kappa shape index (κ3) is 2.38. The van der Waals surface area contributed by atoms with E-state index in [1.807, 2.05) is 25.2 Å². The van der Waals surface area contributed by atoms with E-state index in [9.17, 15) is 5.11 Å². The summed E-state index contributed by atoms with van der Waals surface area (Å²) in [5.41, 5.74) is 1.15. The number of thiophene rings is 1. The van der Waals surface area contributed by atoms with Crippen LogP contribution in [0.25, 0.3) is 10.9 Å². The minimum atomic E-state index is -0.463. The summed E-state index contributed by atoms with van der Waals surface area (Å²) in [5, 5.41) is 16.9. The first-order valence-electron chi connectivity index (χ1n) is 6.73. The SMILES string of the molecule is CNCC(O)[C@@H](c1cccs1)n1ccc2ccccc21. The number of benzene rings is 1. The van der Waals surface area contributed by atoms with E-state index in [2.05, 4.69) is 45.7 Å². The number of para-hydroxylation sites is 1. The van der Waals surface area contributed by atoms with E-state index in [1.54, 1.807) is 11.3 Å². The van der Waals surface area contributed by atoms with Gasteiger partial charge < -0.3 is 15.0 Å². The molecule has 0 saturated carbocycles. The van der Waals surface area contributed by atoms with Crippen LogP contribution in [0.1, 0.15) is 10.9 Å². The van der Waals surface area contributed by atoms with Crippen LogP contribution in [0.3, 0.4) is 0 Å². The lowest BCUT2D eigenvalue weighted by molar-refractivity contribution is 0.134. The molecule has 0 amide bonds. The zero-order valence-electron chi connectivity index (χ0n) is 11.4. The van der Waals surface area contributed by atoms with Gasteiger partial charge in [-0.15, -0.1) is 11.3 Å². The molecule has 0 saturated heterocycles. The Morgan fingerprint density at radius 2 is 2.05 bits per heavy atom. The second-order valence-corrected chi connectivity index (χ2v) is 5.85. The van der Waals surface area contributed by atoms with Gasteiger partial charge in [0, 0.05) is 23.1 Å². The zero-order chi connectivity index (χ0) is 13.9. The molecular formula is C16H18N2OS. The van der Waals surface area contributed by atoms with Crippen molar-refractivity contribution >= 4 is 22.2 Å². The van der Waals surface area contributed by atoms with Crippen LogP contribution in [0.5, 0.6) is 0 Å². The summed E-state index contributed by atoms with van der Waals surface area (Å²) in [4.78, 5) is 1.18. The van der Waals surface area contributed by atoms with Crippen LogP contribution in [0.4, 0.5) is 0 Å². The van der Waals surface area contributed by atoms with Crippen LogP contribution >= 0.6 is 11.3 Å². The summed E-state index contributed by atoms with van der Waals surface area (Å²) in [6.45, 7) is 0.565. The summed E-state index contributed by atoms with van der Waals surface area (Å²) < 4.78 is 2.17. The smallest absolute Gasteiger partial charge is 0.0949 e. The monoisotopic (exact) mass is 286 g/mol. The lowest BCUT2D eigenvalue weighted by atomic mass is 10.1. The van der Waals surface area contributed by atoms with Crippen LogP contribution in [0.15, 0.2) is 54.0 Å². The maximum absolute atomic E-state index is 10.5. The van der Waals surface area contributed by atoms with Gasteiger partial charge in [0.15, 0.2) is 0 Å². The maximum Gasteiger partial charge on any atom is 0.0949 e. The largest absolute Gasteiger partial charge is 0.389 e. The van der Waals surface area contributed by atoms with Gasteiger partial charge in [-0.05, 0) is 36.0 Å². The number of aliphatic hydroxyl groups excluding tert-OH is 1. The van der Waals surface area contributed by atoms with Gasteiger partial charge in [0.2, 0.25) is 0 Å². The van der Waals surface area contributed by atoms with Crippen LogP contribution in [-0.4, -0.2) is 29.4 Å². The van der Waals surface area contributed by atoms with Crippen molar-refractivity contribution in [3.63, 3.8) is 0 Å². The molecule has 0 aliphatic heterocycles. The van der Waals surface area contributed by atoms with Gasteiger partial charge in [0.05, 0.1) is 12.1 Å². The van der Waals surface area contributed by atoms with Gasteiger partial charge in [0.25, 0.3) is 0 Å². The third-order valence-electron chi connectivity index (χ3n) is 3.54. The summed E-state index contributed by atoms with van der Waals surface area (Å²) in [7, 11) is 1.86. The molecule has 0 fully saturated rings. The normalized spacial score (nSPS) is 14.5. The molecule has 2 atom stereocenters. The molecule has 2 aromatic heterocycles. The van der Waals surface area contributed by atoms with Gasteiger partial charge in [-0.25, -0.2) is 0 Å². The number of rotatable bonds is 5. The highest BCUT2D eigenvalue weighted by Gasteiger charge is 2.24. The lowest BCUT2D eigenvalue weighted by Crippen LogP contribution is -2.32. The number of nitrogens with zero attached hydrogens (tertiary/aromatic N) is 1. The third-order valence-corrected chi connectivity index (χ3v) is 4.48. The van der Waals surface area contributed by atoms with Gasteiger partial charge in [0.1, 0.15) is 0 Å². The van der Waals surface area contributed by atoms with Crippen molar-refractivity contribution in [2.75, 3.05) is 13.6 Å². The molecule has 0 bridgehead atoms. The van der Waals surface area contributed by atoms with Crippen molar-refractivity contribution in [1.29, 1.82) is 0 Å². The van der Waals surface area contributed by atoms with Crippen LogP contribution < -0.4 is 5.32 Å². The van der Waals surface area contributed by atoms with Crippen molar-refractivity contribution in [1.82, 2.24) is 9.88 Å². The molecule has 0 spiro atoms. The van der Waals surface area contributed by atoms with Crippen molar-refractivity contribution in [2.45, 2.75) is 12.1 Å². The number of fused-ring (bicyclic) bond motifs is 1. The molecule has 104 valence electrons. The van der Waals surface area contributed by atoms with Crippen LogP contribution in [0, 0.1) is 0 Å². The van der Waals surface area contributed by atoms with E-state index in [1.165, 1.54) is 10.3 Å². The number of hydrogen-bond acceptors (Lipinski definition) is 3. The Balaban J connectivity index is 2.09. The summed E-state index contributed by atoms with van der Waals surface area (Å²) in [6, 6.07) is 14.4. The Kier molecular flexibility index (Phi) is 3.87. The first-order chi connectivity index (χ1) is 9.81. The summed E-state index contributed by atoms with van der Waals surface area (Å²) in [5.74, 6) is 0. The van der Waals surface area contributed by atoms with E-state index in [0.29, 0.717) is 6.54 Å². The molecule has 4 heteroatoms. The number of hydrogen-bond donors (Lipinski definition) is 2. The van der Waals surface area contributed by atoms with Crippen molar-refractivity contribution < 1.29 is 5.11 Å². The van der Waals surface area contributed by atoms with Gasteiger partial charge in [-0.2, -0.15) is 0 Å². The minimum absolute atomic E-state index is 0.0534. The predicted molar refractivity (Wildman–Crippen MR) is 84.3 cm³/mol. The molecule has 1 unspecified atom stereocenters. The highest BCUT2D eigenvalue weighted by Crippen LogP contribution is 2.30. The number of likely N-dealkylation sites (N-methyl/N-ethyl adjacent to an activating group) is 1. The fourth-order valence-electron chi connectivity index (χ4n) is 2.64. The predicted octanol–water partition coefficient (Wildman–Crippen LogP) is 2.87. The van der Waals surface area contributed by atoms with Crippen molar-refractivity contribution in [3.8, 4) is 0 Å². The van der Waals surface area contributed by atoms with Gasteiger partial charge in [-0.3, -0.25) is 0 Å². The first kappa shape index (κ1) is 13.4. The molecule has 3 aromatic rings. The number of nitrogens with one attached hydrogen (secondary N) is 1. The van der Waals surface area contributed by atoms with E-state index >= 15 is 0 Å². The Labute approximate surface area is 122 Å². The van der Waals surface area contributed by atoms with E-state index in [0.717, 1.165) is 5.52 Å². The molecule has 3 nitrogen and oxygen atoms in total. The van der Waals surface area contributed by atoms with Crippen molar-refractivity contribution in [2.24, 2.45) is 0 Å². The minimum Gasteiger partial charge on any atom is -0.389 e. The fraction of sp³-hybridized carbons (Fsp3) is 0.250. The molecule has 2 heterocycles. The molecule has 3 rings (SSSR count). The number of aliphatic hydroxyl groups is 1. The molecule has 20 heavy (non-hydrogen) atoms.